The summed E-state index contributed by atoms with van der Waals surface area (Å²) < 4.78 is 1.16. The second-order valence-electron chi connectivity index (χ2n) is 3.58. The Kier molecular flexibility index (Phi) is 3.92. The molecule has 1 aromatic rings. The van der Waals surface area contributed by atoms with Crippen LogP contribution in [0.2, 0.25) is 0 Å². The Morgan fingerprint density at radius 1 is 1.50 bits per heavy atom. The molecule has 4 heteroatoms. The van der Waals surface area contributed by atoms with Crippen molar-refractivity contribution in [3.05, 3.63) is 27.7 Å². The lowest BCUT2D eigenvalue weighted by molar-refractivity contribution is 0.174. The van der Waals surface area contributed by atoms with E-state index in [1.165, 1.54) is 16.0 Å². The fraction of sp³-hybridized carbons (Fsp3) is 0.417. The van der Waals surface area contributed by atoms with E-state index in [-0.39, 0.29) is 0 Å². The lowest BCUT2D eigenvalue weighted by Gasteiger charge is -2.13. The number of rotatable bonds is 3. The van der Waals surface area contributed by atoms with Gasteiger partial charge in [-0.05, 0) is 30.4 Å². The number of nitrogens with zero attached hydrogens (tertiary/aromatic N) is 1. The molecule has 1 heterocycles. The molecule has 16 heavy (non-hydrogen) atoms. The van der Waals surface area contributed by atoms with Crippen molar-refractivity contribution in [3.8, 4) is 0 Å². The molecule has 0 radical (unpaired) electrons. The fourth-order valence-electron chi connectivity index (χ4n) is 1.92. The Morgan fingerprint density at radius 2 is 2.31 bits per heavy atom. The smallest absolute Gasteiger partial charge is 0.122 e. The number of benzene rings is 1. The van der Waals surface area contributed by atoms with Crippen LogP contribution < -0.4 is 0 Å². The zero-order chi connectivity index (χ0) is 11.5. The van der Waals surface area contributed by atoms with Gasteiger partial charge >= 0.3 is 0 Å². The Morgan fingerprint density at radius 3 is 2.88 bits per heavy atom. The molecule has 0 saturated carbocycles. The Labute approximate surface area is 109 Å². The van der Waals surface area contributed by atoms with Crippen LogP contribution in [-0.2, 0) is 11.3 Å². The molecule has 1 aromatic carbocycles. The van der Waals surface area contributed by atoms with E-state index in [0.717, 1.165) is 23.0 Å². The van der Waals surface area contributed by atoms with Crippen LogP contribution in [0.4, 0.5) is 0 Å². The maximum atomic E-state index is 5.11. The average molecular weight is 300 g/mol. The van der Waals surface area contributed by atoms with Crippen LogP contribution >= 0.6 is 27.7 Å². The molecule has 0 spiro atoms. The van der Waals surface area contributed by atoms with Gasteiger partial charge in [-0.25, -0.2) is 0 Å². The van der Waals surface area contributed by atoms with Gasteiger partial charge < -0.3 is 4.84 Å². The quantitative estimate of drug-likeness (QED) is 0.791. The molecule has 1 aliphatic rings. The highest BCUT2D eigenvalue weighted by Crippen LogP contribution is 2.32. The lowest BCUT2D eigenvalue weighted by atomic mass is 9.99. The highest BCUT2D eigenvalue weighted by Gasteiger charge is 2.19. The van der Waals surface area contributed by atoms with Gasteiger partial charge in [0.1, 0.15) is 6.61 Å². The summed E-state index contributed by atoms with van der Waals surface area (Å²) in [7, 11) is 0. The van der Waals surface area contributed by atoms with Gasteiger partial charge in [0, 0.05) is 21.4 Å². The molecule has 0 amide bonds. The molecule has 0 N–H and O–H groups in total. The summed E-state index contributed by atoms with van der Waals surface area (Å²) in [5.74, 6) is 0. The van der Waals surface area contributed by atoms with Crippen LogP contribution in [-0.4, -0.2) is 18.6 Å². The Balaban J connectivity index is 2.58. The van der Waals surface area contributed by atoms with Gasteiger partial charge in [0.05, 0.1) is 5.71 Å². The Bertz CT molecular complexity index is 431. The highest BCUT2D eigenvalue weighted by atomic mass is 79.9. The van der Waals surface area contributed by atoms with Crippen molar-refractivity contribution in [1.82, 2.24) is 0 Å². The van der Waals surface area contributed by atoms with Crippen molar-refractivity contribution in [2.24, 2.45) is 5.16 Å². The minimum atomic E-state index is 0.707. The zero-order valence-electron chi connectivity index (χ0n) is 9.42. The van der Waals surface area contributed by atoms with E-state index >= 15 is 0 Å². The van der Waals surface area contributed by atoms with Crippen molar-refractivity contribution in [1.29, 1.82) is 0 Å². The predicted molar refractivity (Wildman–Crippen MR) is 72.4 cm³/mol. The van der Waals surface area contributed by atoms with E-state index in [1.807, 2.05) is 0 Å². The summed E-state index contributed by atoms with van der Waals surface area (Å²) in [5.41, 5.74) is 3.68. The van der Waals surface area contributed by atoms with Crippen LogP contribution in [0.1, 0.15) is 24.5 Å². The van der Waals surface area contributed by atoms with Crippen LogP contribution in [0.15, 0.2) is 26.7 Å². The van der Waals surface area contributed by atoms with Crippen molar-refractivity contribution in [2.45, 2.75) is 24.7 Å². The van der Waals surface area contributed by atoms with Gasteiger partial charge in [-0.3, -0.25) is 0 Å². The lowest BCUT2D eigenvalue weighted by Crippen LogP contribution is -2.05. The molecule has 2 nitrogen and oxygen atoms in total. The first-order valence-corrected chi connectivity index (χ1v) is 7.34. The second kappa shape index (κ2) is 5.23. The summed E-state index contributed by atoms with van der Waals surface area (Å²) in [6, 6.07) is 4.26. The maximum Gasteiger partial charge on any atom is 0.122 e. The number of oxime groups is 1. The monoisotopic (exact) mass is 299 g/mol. The Hall–Kier alpha value is -0.480. The first kappa shape index (κ1) is 12.0. The number of hydrogen-bond donors (Lipinski definition) is 0. The van der Waals surface area contributed by atoms with Gasteiger partial charge in [0.2, 0.25) is 0 Å². The van der Waals surface area contributed by atoms with Crippen LogP contribution in [0.25, 0.3) is 0 Å². The zero-order valence-corrected chi connectivity index (χ0v) is 11.8. The number of hydrogen-bond acceptors (Lipinski definition) is 3. The molecule has 2 rings (SSSR count). The van der Waals surface area contributed by atoms with Crippen molar-refractivity contribution in [3.63, 3.8) is 0 Å². The van der Waals surface area contributed by atoms with E-state index in [0.29, 0.717) is 6.61 Å². The third-order valence-electron chi connectivity index (χ3n) is 2.68. The van der Waals surface area contributed by atoms with Crippen LogP contribution in [0.3, 0.4) is 0 Å². The first-order chi connectivity index (χ1) is 7.77. The summed E-state index contributed by atoms with van der Waals surface area (Å²) in [6.07, 6.45) is 4.02. The second-order valence-corrected chi connectivity index (χ2v) is 5.28. The maximum absolute atomic E-state index is 5.11. The molecule has 0 bridgehead atoms. The summed E-state index contributed by atoms with van der Waals surface area (Å²) in [5, 5.41) is 4.15. The van der Waals surface area contributed by atoms with E-state index in [1.54, 1.807) is 11.8 Å². The van der Waals surface area contributed by atoms with Gasteiger partial charge in [0.15, 0.2) is 0 Å². The molecular weight excluding hydrogens is 286 g/mol. The van der Waals surface area contributed by atoms with Gasteiger partial charge in [-0.2, -0.15) is 0 Å². The molecule has 0 unspecified atom stereocenters. The molecule has 0 aliphatic carbocycles. The van der Waals surface area contributed by atoms with E-state index in [4.69, 9.17) is 4.84 Å². The van der Waals surface area contributed by atoms with E-state index < -0.39 is 0 Å². The van der Waals surface area contributed by atoms with Gasteiger partial charge in [-0.15, -0.1) is 11.8 Å². The minimum Gasteiger partial charge on any atom is -0.395 e. The largest absolute Gasteiger partial charge is 0.395 e. The molecule has 0 atom stereocenters. The summed E-state index contributed by atoms with van der Waals surface area (Å²) >= 11 is 5.38. The van der Waals surface area contributed by atoms with E-state index in [9.17, 15) is 0 Å². The molecule has 1 aliphatic heterocycles. The van der Waals surface area contributed by atoms with E-state index in [2.05, 4.69) is 46.4 Å². The van der Waals surface area contributed by atoms with Crippen molar-refractivity contribution < 1.29 is 4.84 Å². The summed E-state index contributed by atoms with van der Waals surface area (Å²) in [4.78, 5) is 6.40. The highest BCUT2D eigenvalue weighted by molar-refractivity contribution is 9.10. The standard InChI is InChI=1S/C12H14BrNOS/c1-3-8-9(13)4-5-11(16-2)12(8)10-6-7-15-14-10/h4-5H,3,6-7H2,1-2H3. The topological polar surface area (TPSA) is 21.6 Å². The molecule has 0 fully saturated rings. The third-order valence-corrected chi connectivity index (χ3v) is 4.21. The number of thioether (sulfide) groups is 1. The van der Waals surface area contributed by atoms with Crippen LogP contribution in [0.5, 0.6) is 0 Å². The van der Waals surface area contributed by atoms with Crippen molar-refractivity contribution in [2.75, 3.05) is 12.9 Å². The normalized spacial score (nSPS) is 14.8. The molecule has 86 valence electrons. The van der Waals surface area contributed by atoms with Crippen LogP contribution in [0, 0.1) is 0 Å². The fourth-order valence-corrected chi connectivity index (χ4v) is 3.18. The third kappa shape index (κ3) is 2.13. The molecule has 0 saturated heterocycles. The molecule has 0 aromatic heterocycles. The first-order valence-electron chi connectivity index (χ1n) is 5.32. The SMILES string of the molecule is CCc1c(Br)ccc(SC)c1C1=NOCC1. The van der Waals surface area contributed by atoms with Gasteiger partial charge in [0.25, 0.3) is 0 Å². The molecular formula is C12H14BrNOS. The average Bonchev–Trinajstić information content (AvgIpc) is 2.81. The predicted octanol–water partition coefficient (Wildman–Crippen LogP) is 3.86. The van der Waals surface area contributed by atoms with Crippen molar-refractivity contribution >= 4 is 33.4 Å². The van der Waals surface area contributed by atoms with Gasteiger partial charge in [-0.1, -0.05) is 28.0 Å². The summed E-state index contributed by atoms with van der Waals surface area (Å²) in [6.45, 7) is 2.88. The number of halogens is 1. The minimum absolute atomic E-state index is 0.707.